The van der Waals surface area contributed by atoms with Gasteiger partial charge in [0.1, 0.15) is 11.6 Å². The highest BCUT2D eigenvalue weighted by molar-refractivity contribution is 5.94. The number of carbonyl (C=O) groups excluding carboxylic acids is 1. The standard InChI is InChI=1S/C21H29N3O2/c1-4-14-24(15-5-2)21(25)18-10-11-20(23-16-18)22-13-12-17-8-6-7-9-19(17)26-3/h6-11,16H,4-5,12-15H2,1-3H3,(H,22,23). The van der Waals surface area contributed by atoms with Gasteiger partial charge in [0.2, 0.25) is 0 Å². The van der Waals surface area contributed by atoms with Crippen molar-refractivity contribution in [1.82, 2.24) is 9.88 Å². The van der Waals surface area contributed by atoms with Gasteiger partial charge in [0.25, 0.3) is 5.91 Å². The molecule has 1 aromatic carbocycles. The normalized spacial score (nSPS) is 10.4. The Hall–Kier alpha value is -2.56. The molecule has 0 aliphatic heterocycles. The Morgan fingerprint density at radius 3 is 2.46 bits per heavy atom. The maximum Gasteiger partial charge on any atom is 0.255 e. The van der Waals surface area contributed by atoms with Crippen LogP contribution in [0.2, 0.25) is 0 Å². The van der Waals surface area contributed by atoms with Crippen LogP contribution < -0.4 is 10.1 Å². The number of rotatable bonds is 10. The van der Waals surface area contributed by atoms with E-state index in [-0.39, 0.29) is 5.91 Å². The summed E-state index contributed by atoms with van der Waals surface area (Å²) >= 11 is 0. The predicted octanol–water partition coefficient (Wildman–Crippen LogP) is 4.01. The molecule has 0 bridgehead atoms. The zero-order chi connectivity index (χ0) is 18.8. The monoisotopic (exact) mass is 355 g/mol. The number of carbonyl (C=O) groups is 1. The lowest BCUT2D eigenvalue weighted by Gasteiger charge is -2.21. The fourth-order valence-electron chi connectivity index (χ4n) is 2.90. The summed E-state index contributed by atoms with van der Waals surface area (Å²) in [7, 11) is 1.68. The molecule has 0 saturated heterocycles. The van der Waals surface area contributed by atoms with E-state index >= 15 is 0 Å². The third-order valence-corrected chi connectivity index (χ3v) is 4.18. The zero-order valence-electron chi connectivity index (χ0n) is 16.0. The molecule has 0 atom stereocenters. The fourth-order valence-corrected chi connectivity index (χ4v) is 2.90. The van der Waals surface area contributed by atoms with Gasteiger partial charge < -0.3 is 15.0 Å². The maximum atomic E-state index is 12.6. The van der Waals surface area contributed by atoms with Crippen LogP contribution in [0.25, 0.3) is 0 Å². The molecule has 1 aromatic heterocycles. The van der Waals surface area contributed by atoms with Gasteiger partial charge in [-0.05, 0) is 43.0 Å². The van der Waals surface area contributed by atoms with Crippen molar-refractivity contribution in [2.75, 3.05) is 32.1 Å². The molecule has 0 saturated carbocycles. The van der Waals surface area contributed by atoms with E-state index < -0.39 is 0 Å². The average molecular weight is 355 g/mol. The van der Waals surface area contributed by atoms with Crippen LogP contribution in [-0.4, -0.2) is 42.5 Å². The van der Waals surface area contributed by atoms with Gasteiger partial charge in [-0.15, -0.1) is 0 Å². The molecule has 2 aromatic rings. The number of para-hydroxylation sites is 1. The number of nitrogens with zero attached hydrogens (tertiary/aromatic N) is 2. The SMILES string of the molecule is CCCN(CCC)C(=O)c1ccc(NCCc2ccccc2OC)nc1. The number of aromatic nitrogens is 1. The van der Waals surface area contributed by atoms with Gasteiger partial charge in [-0.2, -0.15) is 0 Å². The van der Waals surface area contributed by atoms with E-state index in [9.17, 15) is 4.79 Å². The van der Waals surface area contributed by atoms with Crippen LogP contribution in [0.4, 0.5) is 5.82 Å². The molecule has 0 aliphatic carbocycles. The minimum absolute atomic E-state index is 0.0572. The Morgan fingerprint density at radius 2 is 1.85 bits per heavy atom. The number of pyridine rings is 1. The van der Waals surface area contributed by atoms with Gasteiger partial charge in [0.15, 0.2) is 0 Å². The van der Waals surface area contributed by atoms with Crippen LogP contribution in [0.1, 0.15) is 42.6 Å². The van der Waals surface area contributed by atoms with Crippen molar-refractivity contribution in [2.45, 2.75) is 33.1 Å². The summed E-state index contributed by atoms with van der Waals surface area (Å²) in [6.07, 6.45) is 4.42. The molecule has 26 heavy (non-hydrogen) atoms. The molecule has 1 N–H and O–H groups in total. The molecule has 1 amide bonds. The summed E-state index contributed by atoms with van der Waals surface area (Å²) in [4.78, 5) is 18.8. The zero-order valence-corrected chi connectivity index (χ0v) is 16.0. The molecule has 5 nitrogen and oxygen atoms in total. The van der Waals surface area contributed by atoms with Gasteiger partial charge >= 0.3 is 0 Å². The number of benzene rings is 1. The third kappa shape index (κ3) is 5.48. The van der Waals surface area contributed by atoms with Crippen LogP contribution >= 0.6 is 0 Å². The first-order valence-electron chi connectivity index (χ1n) is 9.30. The van der Waals surface area contributed by atoms with Gasteiger partial charge in [-0.1, -0.05) is 32.0 Å². The number of nitrogens with one attached hydrogen (secondary N) is 1. The Morgan fingerprint density at radius 1 is 1.12 bits per heavy atom. The predicted molar refractivity (Wildman–Crippen MR) is 106 cm³/mol. The van der Waals surface area contributed by atoms with Crippen molar-refractivity contribution in [3.63, 3.8) is 0 Å². The molecule has 1 heterocycles. The van der Waals surface area contributed by atoms with Crippen molar-refractivity contribution in [3.8, 4) is 5.75 Å². The highest BCUT2D eigenvalue weighted by Gasteiger charge is 2.14. The number of hydrogen-bond acceptors (Lipinski definition) is 4. The molecule has 0 unspecified atom stereocenters. The quantitative estimate of drug-likeness (QED) is 0.700. The summed E-state index contributed by atoms with van der Waals surface area (Å²) in [5, 5.41) is 3.30. The highest BCUT2D eigenvalue weighted by atomic mass is 16.5. The van der Waals surface area contributed by atoms with E-state index in [1.165, 1.54) is 0 Å². The van der Waals surface area contributed by atoms with E-state index in [1.54, 1.807) is 13.3 Å². The lowest BCUT2D eigenvalue weighted by Crippen LogP contribution is -2.32. The molecule has 0 spiro atoms. The molecule has 5 heteroatoms. The van der Waals surface area contributed by atoms with Gasteiger partial charge in [0.05, 0.1) is 12.7 Å². The van der Waals surface area contributed by atoms with Crippen molar-refractivity contribution < 1.29 is 9.53 Å². The Bertz CT molecular complexity index is 680. The second-order valence-corrected chi connectivity index (χ2v) is 6.21. The van der Waals surface area contributed by atoms with Gasteiger partial charge in [-0.3, -0.25) is 4.79 Å². The molecule has 140 valence electrons. The lowest BCUT2D eigenvalue weighted by molar-refractivity contribution is 0.0755. The first-order valence-corrected chi connectivity index (χ1v) is 9.30. The minimum atomic E-state index is 0.0572. The van der Waals surface area contributed by atoms with Gasteiger partial charge in [0, 0.05) is 25.8 Å². The summed E-state index contributed by atoms with van der Waals surface area (Å²) in [5.41, 5.74) is 1.80. The smallest absolute Gasteiger partial charge is 0.255 e. The van der Waals surface area contributed by atoms with E-state index in [0.717, 1.165) is 56.0 Å². The van der Waals surface area contributed by atoms with E-state index in [0.29, 0.717) is 5.56 Å². The Balaban J connectivity index is 1.91. The first kappa shape index (κ1) is 19.8. The number of methoxy groups -OCH3 is 1. The van der Waals surface area contributed by atoms with Crippen molar-refractivity contribution in [2.24, 2.45) is 0 Å². The lowest BCUT2D eigenvalue weighted by atomic mass is 10.1. The molecular weight excluding hydrogens is 326 g/mol. The summed E-state index contributed by atoms with van der Waals surface area (Å²) in [5.74, 6) is 1.73. The number of ether oxygens (including phenoxy) is 1. The van der Waals surface area contributed by atoms with Gasteiger partial charge in [-0.25, -0.2) is 4.98 Å². The number of hydrogen-bond donors (Lipinski definition) is 1. The second kappa shape index (κ2) is 10.4. The molecule has 0 radical (unpaired) electrons. The van der Waals surface area contributed by atoms with Crippen molar-refractivity contribution in [3.05, 3.63) is 53.7 Å². The van der Waals surface area contributed by atoms with Crippen LogP contribution in [0.15, 0.2) is 42.6 Å². The number of amides is 1. The molecule has 0 fully saturated rings. The first-order chi connectivity index (χ1) is 12.7. The van der Waals surface area contributed by atoms with E-state index in [4.69, 9.17) is 4.74 Å². The molecule has 0 aliphatic rings. The molecular formula is C21H29N3O2. The second-order valence-electron chi connectivity index (χ2n) is 6.21. The maximum absolute atomic E-state index is 12.6. The van der Waals surface area contributed by atoms with Crippen molar-refractivity contribution >= 4 is 11.7 Å². The van der Waals surface area contributed by atoms with Crippen LogP contribution in [0.3, 0.4) is 0 Å². The third-order valence-electron chi connectivity index (χ3n) is 4.18. The Labute approximate surface area is 156 Å². The number of anilines is 1. The summed E-state index contributed by atoms with van der Waals surface area (Å²) in [6, 6.07) is 11.7. The van der Waals surface area contributed by atoms with E-state index in [1.807, 2.05) is 35.2 Å². The van der Waals surface area contributed by atoms with Crippen LogP contribution in [0.5, 0.6) is 5.75 Å². The van der Waals surface area contributed by atoms with Crippen LogP contribution in [0, 0.1) is 0 Å². The molecule has 2 rings (SSSR count). The minimum Gasteiger partial charge on any atom is -0.496 e. The van der Waals surface area contributed by atoms with Crippen LogP contribution in [-0.2, 0) is 6.42 Å². The highest BCUT2D eigenvalue weighted by Crippen LogP contribution is 2.18. The topological polar surface area (TPSA) is 54.5 Å². The Kier molecular flexibility index (Phi) is 7.93. The van der Waals surface area contributed by atoms with E-state index in [2.05, 4.69) is 30.2 Å². The average Bonchev–Trinajstić information content (AvgIpc) is 2.68. The summed E-state index contributed by atoms with van der Waals surface area (Å²) < 4.78 is 5.37. The van der Waals surface area contributed by atoms with Crippen molar-refractivity contribution in [1.29, 1.82) is 0 Å². The fraction of sp³-hybridized carbons (Fsp3) is 0.429. The largest absolute Gasteiger partial charge is 0.496 e. The summed E-state index contributed by atoms with van der Waals surface area (Å²) in [6.45, 7) is 6.49.